The average Bonchev–Trinajstić information content (AvgIpc) is 3.04. The summed E-state index contributed by atoms with van der Waals surface area (Å²) in [7, 11) is 1.40. The Kier molecular flexibility index (Phi) is 5.70. The maximum absolute atomic E-state index is 11.8. The normalized spacial score (nSPS) is 15.5. The van der Waals surface area contributed by atoms with Crippen molar-refractivity contribution in [1.29, 1.82) is 0 Å². The van der Waals surface area contributed by atoms with Gasteiger partial charge in [-0.2, -0.15) is 0 Å². The first-order valence-electron chi connectivity index (χ1n) is 8.10. The minimum atomic E-state index is -1.48. The maximum atomic E-state index is 11.8. The Labute approximate surface area is 159 Å². The van der Waals surface area contributed by atoms with Crippen LogP contribution in [-0.2, 0) is 30.0 Å². The SMILES string of the molecule is COc1cc2sc(C(C)(CC=O)C(=O)O)cc2cc1C(C)(CC=O)C(=O)O. The zero-order chi connectivity index (χ0) is 20.4. The number of fused-ring (bicyclic) bond motifs is 1. The number of ether oxygens (including phenoxy) is 1. The zero-order valence-corrected chi connectivity index (χ0v) is 16.0. The lowest BCUT2D eigenvalue weighted by atomic mass is 9.79. The van der Waals surface area contributed by atoms with Gasteiger partial charge in [-0.25, -0.2) is 0 Å². The predicted molar refractivity (Wildman–Crippen MR) is 99.7 cm³/mol. The van der Waals surface area contributed by atoms with E-state index in [-0.39, 0.29) is 12.8 Å². The number of thiophene rings is 1. The highest BCUT2D eigenvalue weighted by molar-refractivity contribution is 7.19. The fourth-order valence-corrected chi connectivity index (χ4v) is 4.10. The van der Waals surface area contributed by atoms with Gasteiger partial charge in [-0.3, -0.25) is 9.59 Å². The molecular weight excluding hydrogens is 372 g/mol. The van der Waals surface area contributed by atoms with Gasteiger partial charge in [-0.15, -0.1) is 11.3 Å². The number of methoxy groups -OCH3 is 1. The number of aliphatic carboxylic acids is 2. The van der Waals surface area contributed by atoms with Crippen LogP contribution < -0.4 is 4.74 Å². The number of rotatable bonds is 9. The maximum Gasteiger partial charge on any atom is 0.315 e. The second-order valence-electron chi connectivity index (χ2n) is 6.72. The summed E-state index contributed by atoms with van der Waals surface area (Å²) < 4.78 is 6.04. The Balaban J connectivity index is 2.74. The molecule has 0 aliphatic heterocycles. The summed E-state index contributed by atoms with van der Waals surface area (Å²) in [5.74, 6) is -1.99. The Bertz CT molecular complexity index is 916. The van der Waals surface area contributed by atoms with Gasteiger partial charge in [-0.05, 0) is 37.4 Å². The van der Waals surface area contributed by atoms with E-state index in [2.05, 4.69) is 0 Å². The van der Waals surface area contributed by atoms with Crippen LogP contribution in [0.5, 0.6) is 5.75 Å². The summed E-state index contributed by atoms with van der Waals surface area (Å²) in [4.78, 5) is 46.0. The number of hydrogen-bond donors (Lipinski definition) is 2. The van der Waals surface area contributed by atoms with Crippen LogP contribution >= 0.6 is 11.3 Å². The van der Waals surface area contributed by atoms with E-state index in [4.69, 9.17) is 4.74 Å². The number of hydrogen-bond acceptors (Lipinski definition) is 6. The van der Waals surface area contributed by atoms with Crippen molar-refractivity contribution in [3.63, 3.8) is 0 Å². The van der Waals surface area contributed by atoms with Crippen LogP contribution in [0.4, 0.5) is 0 Å². The monoisotopic (exact) mass is 392 g/mol. The van der Waals surface area contributed by atoms with Crippen LogP contribution in [0.2, 0.25) is 0 Å². The van der Waals surface area contributed by atoms with E-state index < -0.39 is 22.8 Å². The topological polar surface area (TPSA) is 118 Å². The molecule has 144 valence electrons. The number of benzene rings is 1. The Morgan fingerprint density at radius 2 is 1.59 bits per heavy atom. The van der Waals surface area contributed by atoms with Crippen LogP contribution in [0.15, 0.2) is 18.2 Å². The van der Waals surface area contributed by atoms with E-state index in [0.717, 1.165) is 0 Å². The molecule has 2 N–H and O–H groups in total. The molecule has 8 heteroatoms. The van der Waals surface area contributed by atoms with Gasteiger partial charge in [-0.1, -0.05) is 0 Å². The summed E-state index contributed by atoms with van der Waals surface area (Å²) in [5, 5.41) is 19.9. The summed E-state index contributed by atoms with van der Waals surface area (Å²) in [6.45, 7) is 2.91. The molecule has 2 rings (SSSR count). The molecule has 0 saturated heterocycles. The highest BCUT2D eigenvalue weighted by atomic mass is 32.1. The Morgan fingerprint density at radius 3 is 2.07 bits per heavy atom. The van der Waals surface area contributed by atoms with Crippen molar-refractivity contribution in [3.8, 4) is 5.75 Å². The van der Waals surface area contributed by atoms with Gasteiger partial charge in [0.25, 0.3) is 0 Å². The minimum absolute atomic E-state index is 0.183. The van der Waals surface area contributed by atoms with Crippen molar-refractivity contribution in [2.45, 2.75) is 37.5 Å². The molecule has 1 aromatic heterocycles. The molecule has 0 saturated carbocycles. The van der Waals surface area contributed by atoms with E-state index in [1.54, 1.807) is 18.2 Å². The molecule has 2 aromatic rings. The molecule has 0 bridgehead atoms. The third kappa shape index (κ3) is 3.44. The van der Waals surface area contributed by atoms with Gasteiger partial charge in [0.05, 0.1) is 7.11 Å². The van der Waals surface area contributed by atoms with Crippen LogP contribution in [-0.4, -0.2) is 41.8 Å². The average molecular weight is 392 g/mol. The molecule has 0 aliphatic rings. The van der Waals surface area contributed by atoms with Crippen molar-refractivity contribution in [3.05, 3.63) is 28.6 Å². The molecule has 27 heavy (non-hydrogen) atoms. The van der Waals surface area contributed by atoms with Crippen LogP contribution in [0, 0.1) is 0 Å². The van der Waals surface area contributed by atoms with E-state index in [9.17, 15) is 29.4 Å². The van der Waals surface area contributed by atoms with Gasteiger partial charge in [0.15, 0.2) is 0 Å². The molecule has 0 aliphatic carbocycles. The summed E-state index contributed by atoms with van der Waals surface area (Å²) in [6.07, 6.45) is 0.689. The van der Waals surface area contributed by atoms with Gasteiger partial charge in [0.2, 0.25) is 0 Å². The molecule has 0 amide bonds. The van der Waals surface area contributed by atoms with Gasteiger partial charge in [0, 0.05) is 28.0 Å². The van der Waals surface area contributed by atoms with E-state index in [0.29, 0.717) is 38.8 Å². The summed E-state index contributed by atoms with van der Waals surface area (Å²) in [6, 6.07) is 4.88. The highest BCUT2D eigenvalue weighted by Crippen LogP contribution is 2.42. The minimum Gasteiger partial charge on any atom is -0.496 e. The van der Waals surface area contributed by atoms with Crippen LogP contribution in [0.25, 0.3) is 10.1 Å². The van der Waals surface area contributed by atoms with Gasteiger partial charge >= 0.3 is 11.9 Å². The summed E-state index contributed by atoms with van der Waals surface area (Å²) >= 11 is 1.21. The molecule has 0 fully saturated rings. The molecule has 1 aromatic carbocycles. The first-order valence-corrected chi connectivity index (χ1v) is 8.92. The lowest BCUT2D eigenvalue weighted by molar-refractivity contribution is -0.144. The second kappa shape index (κ2) is 7.48. The number of carbonyl (C=O) groups is 4. The van der Waals surface area contributed by atoms with Crippen LogP contribution in [0.1, 0.15) is 37.1 Å². The number of carboxylic acids is 2. The molecule has 2 unspecified atom stereocenters. The lowest BCUT2D eigenvalue weighted by Crippen LogP contribution is -2.33. The zero-order valence-electron chi connectivity index (χ0n) is 15.1. The van der Waals surface area contributed by atoms with Crippen molar-refractivity contribution in [1.82, 2.24) is 0 Å². The Morgan fingerprint density at radius 1 is 1.04 bits per heavy atom. The fourth-order valence-electron chi connectivity index (χ4n) is 2.88. The van der Waals surface area contributed by atoms with Gasteiger partial charge < -0.3 is 24.5 Å². The summed E-state index contributed by atoms with van der Waals surface area (Å²) in [5.41, 5.74) is -2.53. The van der Waals surface area contributed by atoms with Crippen molar-refractivity contribution in [2.75, 3.05) is 7.11 Å². The second-order valence-corrected chi connectivity index (χ2v) is 7.80. The van der Waals surface area contributed by atoms with Crippen molar-refractivity contribution < 1.29 is 34.1 Å². The first kappa shape index (κ1) is 20.6. The third-order valence-corrected chi connectivity index (χ3v) is 6.27. The largest absolute Gasteiger partial charge is 0.496 e. The highest BCUT2D eigenvalue weighted by Gasteiger charge is 2.39. The predicted octanol–water partition coefficient (Wildman–Crippen LogP) is 2.77. The Hall–Kier alpha value is -2.74. The van der Waals surface area contributed by atoms with E-state index in [1.165, 1.54) is 32.3 Å². The molecule has 0 radical (unpaired) electrons. The van der Waals surface area contributed by atoms with Gasteiger partial charge in [0.1, 0.15) is 29.2 Å². The van der Waals surface area contributed by atoms with Crippen LogP contribution in [0.3, 0.4) is 0 Å². The molecule has 2 atom stereocenters. The van der Waals surface area contributed by atoms with E-state index >= 15 is 0 Å². The molecule has 1 heterocycles. The first-order chi connectivity index (χ1) is 12.6. The standard InChI is InChI=1S/C19H20O7S/c1-18(4-6-20,16(22)23)12-8-11-9-15(19(2,5-7-21)17(24)25)27-14(11)10-13(12)26-3/h6-10H,4-5H2,1-3H3,(H,22,23)(H,24,25). The lowest BCUT2D eigenvalue weighted by Gasteiger charge is -2.25. The molecule has 0 spiro atoms. The number of carboxylic acid groups (broad SMARTS) is 2. The smallest absolute Gasteiger partial charge is 0.315 e. The number of aldehydes is 2. The van der Waals surface area contributed by atoms with Crippen molar-refractivity contribution in [2.24, 2.45) is 0 Å². The number of carbonyl (C=O) groups excluding carboxylic acids is 2. The fraction of sp³-hybridized carbons (Fsp3) is 0.368. The molecule has 7 nitrogen and oxygen atoms in total. The van der Waals surface area contributed by atoms with E-state index in [1.807, 2.05) is 0 Å². The third-order valence-electron chi connectivity index (χ3n) is 4.90. The molecular formula is C19H20O7S. The van der Waals surface area contributed by atoms with Crippen molar-refractivity contribution >= 4 is 45.9 Å². The quantitative estimate of drug-likeness (QED) is 0.630.